The maximum atomic E-state index is 13.1. The summed E-state index contributed by atoms with van der Waals surface area (Å²) in [6.45, 7) is 0. The van der Waals surface area contributed by atoms with Crippen LogP contribution in [0.3, 0.4) is 0 Å². The monoisotopic (exact) mass is 278 g/mol. The average molecular weight is 279 g/mol. The molecule has 0 bridgehead atoms. The van der Waals surface area contributed by atoms with E-state index in [1.165, 1.54) is 18.2 Å². The number of hydrogen-bond acceptors (Lipinski definition) is 2. The van der Waals surface area contributed by atoms with E-state index in [0.717, 1.165) is 5.56 Å². The maximum absolute atomic E-state index is 13.1. The minimum absolute atomic E-state index is 0.188. The van der Waals surface area contributed by atoms with Crippen LogP contribution in [0.4, 0.5) is 15.8 Å². The van der Waals surface area contributed by atoms with E-state index in [9.17, 15) is 9.18 Å². The van der Waals surface area contributed by atoms with Crippen molar-refractivity contribution < 1.29 is 9.18 Å². The Hall–Kier alpha value is -2.07. The predicted octanol–water partition coefficient (Wildman–Crippen LogP) is 3.24. The molecule has 2 aromatic rings. The summed E-state index contributed by atoms with van der Waals surface area (Å²) in [6.07, 6.45) is 0.188. The summed E-state index contributed by atoms with van der Waals surface area (Å²) in [5.41, 5.74) is 6.93. The van der Waals surface area contributed by atoms with Crippen molar-refractivity contribution in [2.24, 2.45) is 0 Å². The Morgan fingerprint density at radius 2 is 1.89 bits per heavy atom. The molecule has 0 saturated heterocycles. The molecule has 0 unspecified atom stereocenters. The van der Waals surface area contributed by atoms with E-state index >= 15 is 0 Å². The number of nitrogen functional groups attached to an aromatic ring is 1. The van der Waals surface area contributed by atoms with E-state index in [4.69, 9.17) is 17.3 Å². The Balaban J connectivity index is 2.03. The molecule has 2 aromatic carbocycles. The third kappa shape index (κ3) is 3.96. The van der Waals surface area contributed by atoms with Crippen LogP contribution in [0.5, 0.6) is 0 Å². The number of nitrogens with one attached hydrogen (secondary N) is 1. The Bertz CT molecular complexity index is 579. The lowest BCUT2D eigenvalue weighted by Gasteiger charge is -2.06. The van der Waals surface area contributed by atoms with Crippen molar-refractivity contribution >= 4 is 28.9 Å². The molecule has 2 rings (SSSR count). The Morgan fingerprint density at radius 3 is 2.53 bits per heavy atom. The van der Waals surface area contributed by atoms with Crippen LogP contribution < -0.4 is 11.1 Å². The van der Waals surface area contributed by atoms with Gasteiger partial charge in [-0.05, 0) is 35.9 Å². The summed E-state index contributed by atoms with van der Waals surface area (Å²) in [6, 6.07) is 10.9. The smallest absolute Gasteiger partial charge is 0.228 e. The molecule has 0 spiro atoms. The van der Waals surface area contributed by atoms with Crippen molar-refractivity contribution in [3.05, 3.63) is 58.9 Å². The first-order valence-electron chi connectivity index (χ1n) is 5.63. The van der Waals surface area contributed by atoms with Gasteiger partial charge < -0.3 is 11.1 Å². The standard InChI is InChI=1S/C14H12ClFN2O/c15-10-3-1-9(2-4-10)5-14(19)18-13-7-11(16)6-12(17)8-13/h1-4,6-8H,5,17H2,(H,18,19). The van der Waals surface area contributed by atoms with Gasteiger partial charge in [0.05, 0.1) is 6.42 Å². The summed E-state index contributed by atoms with van der Waals surface area (Å²) in [7, 11) is 0. The molecule has 3 N–H and O–H groups in total. The van der Waals surface area contributed by atoms with Crippen LogP contribution in [0.1, 0.15) is 5.56 Å². The molecule has 0 aliphatic heterocycles. The third-order valence-corrected chi connectivity index (χ3v) is 2.73. The van der Waals surface area contributed by atoms with E-state index in [1.807, 2.05) is 0 Å². The zero-order valence-corrected chi connectivity index (χ0v) is 10.7. The predicted molar refractivity (Wildman–Crippen MR) is 74.6 cm³/mol. The molecule has 19 heavy (non-hydrogen) atoms. The van der Waals surface area contributed by atoms with Gasteiger partial charge in [-0.1, -0.05) is 23.7 Å². The molecule has 0 aliphatic rings. The van der Waals surface area contributed by atoms with Gasteiger partial charge in [-0.25, -0.2) is 4.39 Å². The zero-order chi connectivity index (χ0) is 13.8. The summed E-state index contributed by atoms with van der Waals surface area (Å²) in [4.78, 5) is 11.8. The normalized spacial score (nSPS) is 10.2. The summed E-state index contributed by atoms with van der Waals surface area (Å²) < 4.78 is 13.1. The van der Waals surface area contributed by atoms with E-state index in [-0.39, 0.29) is 18.0 Å². The minimum Gasteiger partial charge on any atom is -0.399 e. The van der Waals surface area contributed by atoms with Crippen LogP contribution in [0, 0.1) is 5.82 Å². The second kappa shape index (κ2) is 5.71. The van der Waals surface area contributed by atoms with E-state index < -0.39 is 5.82 Å². The lowest BCUT2D eigenvalue weighted by Crippen LogP contribution is -2.14. The molecule has 0 heterocycles. The molecule has 1 amide bonds. The molecule has 0 radical (unpaired) electrons. The number of nitrogens with two attached hydrogens (primary N) is 1. The number of benzene rings is 2. The third-order valence-electron chi connectivity index (χ3n) is 2.48. The molecule has 98 valence electrons. The van der Waals surface area contributed by atoms with Crippen LogP contribution in [0.15, 0.2) is 42.5 Å². The zero-order valence-electron chi connectivity index (χ0n) is 9.99. The highest BCUT2D eigenvalue weighted by Crippen LogP contribution is 2.16. The number of amides is 1. The number of carbonyl (C=O) groups excluding carboxylic acids is 1. The molecular weight excluding hydrogens is 267 g/mol. The lowest BCUT2D eigenvalue weighted by molar-refractivity contribution is -0.115. The fourth-order valence-corrected chi connectivity index (χ4v) is 1.80. The molecular formula is C14H12ClFN2O. The van der Waals surface area contributed by atoms with Gasteiger partial charge in [0.1, 0.15) is 5.82 Å². The van der Waals surface area contributed by atoms with Gasteiger partial charge >= 0.3 is 0 Å². The van der Waals surface area contributed by atoms with Crippen LogP contribution in [-0.2, 0) is 11.2 Å². The van der Waals surface area contributed by atoms with Crippen LogP contribution in [0.2, 0.25) is 5.02 Å². The van der Waals surface area contributed by atoms with Crippen LogP contribution in [0.25, 0.3) is 0 Å². The molecule has 0 atom stereocenters. The van der Waals surface area contributed by atoms with Crippen molar-refractivity contribution in [2.75, 3.05) is 11.1 Å². The summed E-state index contributed by atoms with van der Waals surface area (Å²) in [5, 5.41) is 3.21. The fourth-order valence-electron chi connectivity index (χ4n) is 1.68. The van der Waals surface area contributed by atoms with Gasteiger partial charge in [0, 0.05) is 16.4 Å². The van der Waals surface area contributed by atoms with Gasteiger partial charge in [-0.15, -0.1) is 0 Å². The number of carbonyl (C=O) groups is 1. The van der Waals surface area contributed by atoms with Gasteiger partial charge in [-0.2, -0.15) is 0 Å². The molecule has 5 heteroatoms. The number of rotatable bonds is 3. The quantitative estimate of drug-likeness (QED) is 0.847. The first-order valence-corrected chi connectivity index (χ1v) is 6.01. The molecule has 0 aromatic heterocycles. The summed E-state index contributed by atoms with van der Waals surface area (Å²) in [5.74, 6) is -0.728. The number of anilines is 2. The van der Waals surface area contributed by atoms with E-state index in [2.05, 4.69) is 5.32 Å². The average Bonchev–Trinajstić information content (AvgIpc) is 2.30. The first-order chi connectivity index (χ1) is 9.02. The Morgan fingerprint density at radius 1 is 1.21 bits per heavy atom. The second-order valence-corrected chi connectivity index (χ2v) is 4.56. The number of halogens is 2. The van der Waals surface area contributed by atoms with Gasteiger partial charge in [0.15, 0.2) is 0 Å². The van der Waals surface area contributed by atoms with Crippen molar-refractivity contribution in [1.82, 2.24) is 0 Å². The molecule has 0 fully saturated rings. The number of hydrogen-bond donors (Lipinski definition) is 2. The summed E-state index contributed by atoms with van der Waals surface area (Å²) >= 11 is 5.76. The van der Waals surface area contributed by atoms with Crippen LogP contribution in [-0.4, -0.2) is 5.91 Å². The topological polar surface area (TPSA) is 55.1 Å². The Kier molecular flexibility index (Phi) is 4.02. The molecule has 0 saturated carbocycles. The Labute approximate surface area is 115 Å². The highest BCUT2D eigenvalue weighted by Gasteiger charge is 2.06. The van der Waals surface area contributed by atoms with Gasteiger partial charge in [0.25, 0.3) is 0 Å². The first kappa shape index (κ1) is 13.4. The van der Waals surface area contributed by atoms with Crippen molar-refractivity contribution in [1.29, 1.82) is 0 Å². The van der Waals surface area contributed by atoms with Crippen molar-refractivity contribution in [3.63, 3.8) is 0 Å². The largest absolute Gasteiger partial charge is 0.399 e. The van der Waals surface area contributed by atoms with Crippen LogP contribution >= 0.6 is 11.6 Å². The lowest BCUT2D eigenvalue weighted by atomic mass is 10.1. The van der Waals surface area contributed by atoms with Crippen molar-refractivity contribution in [3.8, 4) is 0 Å². The van der Waals surface area contributed by atoms with Gasteiger partial charge in [0.2, 0.25) is 5.91 Å². The minimum atomic E-state index is -0.484. The molecule has 0 aliphatic carbocycles. The van der Waals surface area contributed by atoms with Crippen molar-refractivity contribution in [2.45, 2.75) is 6.42 Å². The molecule has 3 nitrogen and oxygen atoms in total. The van der Waals surface area contributed by atoms with Gasteiger partial charge in [-0.3, -0.25) is 4.79 Å². The highest BCUT2D eigenvalue weighted by atomic mass is 35.5. The maximum Gasteiger partial charge on any atom is 0.228 e. The van der Waals surface area contributed by atoms with E-state index in [1.54, 1.807) is 24.3 Å². The fraction of sp³-hybridized carbons (Fsp3) is 0.0714. The second-order valence-electron chi connectivity index (χ2n) is 4.12. The SMILES string of the molecule is Nc1cc(F)cc(NC(=O)Cc2ccc(Cl)cc2)c1. The van der Waals surface area contributed by atoms with E-state index in [0.29, 0.717) is 10.7 Å². The highest BCUT2D eigenvalue weighted by molar-refractivity contribution is 6.30.